The van der Waals surface area contributed by atoms with Crippen molar-refractivity contribution in [2.24, 2.45) is 0 Å². The second kappa shape index (κ2) is 10.6. The Kier molecular flexibility index (Phi) is 7.80. The van der Waals surface area contributed by atoms with Crippen LogP contribution in [0.2, 0.25) is 0 Å². The molecule has 1 heterocycles. The summed E-state index contributed by atoms with van der Waals surface area (Å²) >= 11 is 0. The minimum atomic E-state index is -4.99. The fourth-order valence-electron chi connectivity index (χ4n) is 3.55. The standard InChI is InChI=1S/C24H22F4N2O5/c1-3-34-20-11-21(33)29-12-16(20)14-4-5-15(17(25)10-14)22-18(30-13(2)32)6-7-19(35-9-8-31)23(22)24(26,27)28/h4-7,10-12,31H,3,8-9H2,1-2H3,(H,29,33)(H,30,32). The van der Waals surface area contributed by atoms with E-state index in [1.807, 2.05) is 0 Å². The summed E-state index contributed by atoms with van der Waals surface area (Å²) in [7, 11) is 0. The van der Waals surface area contributed by atoms with Crippen molar-refractivity contribution in [2.45, 2.75) is 20.0 Å². The van der Waals surface area contributed by atoms with Gasteiger partial charge in [0.25, 0.3) is 5.56 Å². The largest absolute Gasteiger partial charge is 0.493 e. The van der Waals surface area contributed by atoms with Crippen LogP contribution in [0.3, 0.4) is 0 Å². The SMILES string of the molecule is CCOc1cc(=O)[nH]cc1-c1ccc(-c2c(NC(C)=O)ccc(OCCO)c2C(F)(F)F)c(F)c1. The lowest BCUT2D eigenvalue weighted by molar-refractivity contribution is -0.138. The van der Waals surface area contributed by atoms with Crippen LogP contribution in [0.1, 0.15) is 19.4 Å². The number of carbonyl (C=O) groups excluding carboxylic acids is 1. The van der Waals surface area contributed by atoms with Crippen molar-refractivity contribution in [1.29, 1.82) is 0 Å². The molecule has 35 heavy (non-hydrogen) atoms. The van der Waals surface area contributed by atoms with Crippen molar-refractivity contribution < 1.29 is 36.9 Å². The number of rotatable bonds is 8. The third-order valence-electron chi connectivity index (χ3n) is 4.85. The first-order valence-electron chi connectivity index (χ1n) is 10.5. The van der Waals surface area contributed by atoms with Crippen LogP contribution in [0.4, 0.5) is 23.2 Å². The first-order chi connectivity index (χ1) is 16.6. The second-order valence-corrected chi connectivity index (χ2v) is 7.32. The molecule has 0 aliphatic rings. The monoisotopic (exact) mass is 494 g/mol. The molecule has 2 aromatic carbocycles. The Morgan fingerprint density at radius 3 is 2.43 bits per heavy atom. The molecule has 0 bridgehead atoms. The van der Waals surface area contributed by atoms with E-state index in [0.717, 1.165) is 25.1 Å². The summed E-state index contributed by atoms with van der Waals surface area (Å²) in [6.07, 6.45) is -3.67. The third-order valence-corrected chi connectivity index (χ3v) is 4.85. The number of aliphatic hydroxyl groups is 1. The van der Waals surface area contributed by atoms with E-state index in [0.29, 0.717) is 5.56 Å². The van der Waals surface area contributed by atoms with E-state index < -0.39 is 59.1 Å². The van der Waals surface area contributed by atoms with Crippen molar-refractivity contribution in [3.8, 4) is 33.8 Å². The number of pyridine rings is 1. The molecule has 0 spiro atoms. The molecule has 7 nitrogen and oxygen atoms in total. The molecule has 186 valence electrons. The number of carbonyl (C=O) groups is 1. The fourth-order valence-corrected chi connectivity index (χ4v) is 3.55. The van der Waals surface area contributed by atoms with E-state index >= 15 is 4.39 Å². The Hall–Kier alpha value is -3.86. The molecule has 0 aliphatic heterocycles. The first kappa shape index (κ1) is 25.8. The number of nitrogens with one attached hydrogen (secondary N) is 2. The summed E-state index contributed by atoms with van der Waals surface area (Å²) in [6.45, 7) is 2.08. The number of aliphatic hydroxyl groups excluding tert-OH is 1. The van der Waals surface area contributed by atoms with Crippen LogP contribution in [0.15, 0.2) is 47.4 Å². The van der Waals surface area contributed by atoms with E-state index in [9.17, 15) is 22.8 Å². The van der Waals surface area contributed by atoms with Gasteiger partial charge in [0.2, 0.25) is 5.91 Å². The molecular weight excluding hydrogens is 472 g/mol. The van der Waals surface area contributed by atoms with E-state index in [4.69, 9.17) is 14.6 Å². The summed E-state index contributed by atoms with van der Waals surface area (Å²) in [5.41, 5.74) is -2.51. The molecule has 0 atom stereocenters. The Balaban J connectivity index is 2.26. The average Bonchev–Trinajstić information content (AvgIpc) is 2.77. The quantitative estimate of drug-likeness (QED) is 0.398. The van der Waals surface area contributed by atoms with E-state index in [-0.39, 0.29) is 23.6 Å². The average molecular weight is 494 g/mol. The Labute approximate surface area is 197 Å². The number of amides is 1. The highest BCUT2D eigenvalue weighted by Gasteiger charge is 2.39. The first-order valence-corrected chi connectivity index (χ1v) is 10.5. The summed E-state index contributed by atoms with van der Waals surface area (Å²) in [5.74, 6) is -2.13. The van der Waals surface area contributed by atoms with Crippen LogP contribution in [-0.2, 0) is 11.0 Å². The molecule has 3 rings (SSSR count). The minimum absolute atomic E-state index is 0.178. The zero-order chi connectivity index (χ0) is 25.8. The molecule has 0 saturated heterocycles. The van der Waals surface area contributed by atoms with Crippen molar-refractivity contribution in [1.82, 2.24) is 4.98 Å². The number of anilines is 1. The van der Waals surface area contributed by atoms with Gasteiger partial charge in [-0.1, -0.05) is 12.1 Å². The van der Waals surface area contributed by atoms with Gasteiger partial charge in [-0.25, -0.2) is 4.39 Å². The van der Waals surface area contributed by atoms with Gasteiger partial charge in [0.05, 0.1) is 13.2 Å². The van der Waals surface area contributed by atoms with Gasteiger partial charge in [-0.05, 0) is 30.7 Å². The molecule has 0 fully saturated rings. The highest BCUT2D eigenvalue weighted by molar-refractivity contribution is 5.96. The lowest BCUT2D eigenvalue weighted by Gasteiger charge is -2.21. The van der Waals surface area contributed by atoms with Gasteiger partial charge in [0.15, 0.2) is 0 Å². The maximum atomic E-state index is 15.4. The maximum Gasteiger partial charge on any atom is 0.420 e. The number of aromatic nitrogens is 1. The summed E-state index contributed by atoms with van der Waals surface area (Å²) in [6, 6.07) is 6.85. The van der Waals surface area contributed by atoms with E-state index in [2.05, 4.69) is 10.3 Å². The molecule has 0 unspecified atom stereocenters. The number of hydrogen-bond donors (Lipinski definition) is 3. The summed E-state index contributed by atoms with van der Waals surface area (Å²) < 4.78 is 68.4. The van der Waals surface area contributed by atoms with Gasteiger partial charge in [0.1, 0.15) is 29.5 Å². The zero-order valence-electron chi connectivity index (χ0n) is 18.8. The molecule has 0 radical (unpaired) electrons. The molecule has 3 N–H and O–H groups in total. The molecule has 1 amide bonds. The lowest BCUT2D eigenvalue weighted by Crippen LogP contribution is -2.16. The molecule has 11 heteroatoms. The Bertz CT molecular complexity index is 1290. The number of aromatic amines is 1. The van der Waals surface area contributed by atoms with Crippen molar-refractivity contribution in [3.63, 3.8) is 0 Å². The van der Waals surface area contributed by atoms with Crippen LogP contribution >= 0.6 is 0 Å². The van der Waals surface area contributed by atoms with Crippen LogP contribution in [0, 0.1) is 5.82 Å². The second-order valence-electron chi connectivity index (χ2n) is 7.32. The number of hydrogen-bond acceptors (Lipinski definition) is 5. The number of H-pyrrole nitrogens is 1. The molecule has 1 aromatic heterocycles. The normalized spacial score (nSPS) is 11.3. The zero-order valence-corrected chi connectivity index (χ0v) is 18.8. The number of alkyl halides is 3. The van der Waals surface area contributed by atoms with Crippen LogP contribution in [0.5, 0.6) is 11.5 Å². The van der Waals surface area contributed by atoms with Crippen molar-refractivity contribution in [3.05, 3.63) is 64.3 Å². The smallest absolute Gasteiger partial charge is 0.420 e. The highest BCUT2D eigenvalue weighted by Crippen LogP contribution is 2.47. The molecule has 0 saturated carbocycles. The van der Waals surface area contributed by atoms with Crippen LogP contribution < -0.4 is 20.3 Å². The molecule has 3 aromatic rings. The van der Waals surface area contributed by atoms with Gasteiger partial charge in [-0.15, -0.1) is 0 Å². The number of benzene rings is 2. The third kappa shape index (κ3) is 5.80. The van der Waals surface area contributed by atoms with Crippen molar-refractivity contribution in [2.75, 3.05) is 25.1 Å². The number of ether oxygens (including phenoxy) is 2. The van der Waals surface area contributed by atoms with Crippen molar-refractivity contribution >= 4 is 11.6 Å². The van der Waals surface area contributed by atoms with Gasteiger partial charge in [0, 0.05) is 41.6 Å². The Morgan fingerprint density at radius 1 is 1.09 bits per heavy atom. The van der Waals surface area contributed by atoms with Gasteiger partial charge in [-0.3, -0.25) is 9.59 Å². The predicted octanol–water partition coefficient (Wildman–Crippen LogP) is 4.60. The van der Waals surface area contributed by atoms with Crippen LogP contribution in [-0.4, -0.2) is 35.8 Å². The lowest BCUT2D eigenvalue weighted by atomic mass is 9.93. The fraction of sp³-hybridized carbons (Fsp3) is 0.250. The molecular formula is C24H22F4N2O5. The minimum Gasteiger partial charge on any atom is -0.493 e. The maximum absolute atomic E-state index is 15.4. The highest BCUT2D eigenvalue weighted by atomic mass is 19.4. The van der Waals surface area contributed by atoms with E-state index in [1.54, 1.807) is 6.92 Å². The van der Waals surface area contributed by atoms with Gasteiger partial charge >= 0.3 is 6.18 Å². The molecule has 0 aliphatic carbocycles. The van der Waals surface area contributed by atoms with Gasteiger partial charge in [-0.2, -0.15) is 13.2 Å². The topological polar surface area (TPSA) is 101 Å². The summed E-state index contributed by atoms with van der Waals surface area (Å²) in [5, 5.41) is 11.3. The van der Waals surface area contributed by atoms with Crippen LogP contribution in [0.25, 0.3) is 22.3 Å². The number of halogens is 4. The summed E-state index contributed by atoms with van der Waals surface area (Å²) in [4.78, 5) is 25.8. The predicted molar refractivity (Wildman–Crippen MR) is 121 cm³/mol. The van der Waals surface area contributed by atoms with Gasteiger partial charge < -0.3 is 24.9 Å². The Morgan fingerprint density at radius 2 is 1.83 bits per heavy atom. The van der Waals surface area contributed by atoms with E-state index in [1.165, 1.54) is 24.4 Å².